The van der Waals surface area contributed by atoms with Gasteiger partial charge in [0.1, 0.15) is 24.2 Å². The van der Waals surface area contributed by atoms with E-state index >= 15 is 0 Å². The Morgan fingerprint density at radius 2 is 2.12 bits per heavy atom. The second-order valence-electron chi connectivity index (χ2n) is 3.93. The molecule has 0 aromatic carbocycles. The predicted molar refractivity (Wildman–Crippen MR) is 56.4 cm³/mol. The summed E-state index contributed by atoms with van der Waals surface area (Å²) >= 11 is 0. The van der Waals surface area contributed by atoms with Crippen LogP contribution in [0.5, 0.6) is 5.75 Å². The first-order valence-electron chi connectivity index (χ1n) is 4.95. The molecule has 0 saturated heterocycles. The Bertz CT molecular complexity index is 444. The summed E-state index contributed by atoms with van der Waals surface area (Å²) in [6.45, 7) is 3.12. The number of aromatic hydroxyl groups is 1. The summed E-state index contributed by atoms with van der Waals surface area (Å²) in [5, 5.41) is 18.1. The van der Waals surface area contributed by atoms with Crippen LogP contribution in [0.2, 0.25) is 0 Å². The van der Waals surface area contributed by atoms with Crippen molar-refractivity contribution in [3.63, 3.8) is 0 Å². The highest BCUT2D eigenvalue weighted by Crippen LogP contribution is 2.14. The van der Waals surface area contributed by atoms with Crippen LogP contribution in [-0.4, -0.2) is 16.0 Å². The third-order valence-corrected chi connectivity index (χ3v) is 2.07. The predicted octanol–water partition coefficient (Wildman–Crippen LogP) is 1.07. The van der Waals surface area contributed by atoms with E-state index in [4.69, 9.17) is 14.6 Å². The Labute approximate surface area is 92.3 Å². The van der Waals surface area contributed by atoms with Crippen molar-refractivity contribution < 1.29 is 19.4 Å². The normalized spacial score (nSPS) is 10.8. The van der Waals surface area contributed by atoms with Crippen LogP contribution in [-0.2, 0) is 6.61 Å². The summed E-state index contributed by atoms with van der Waals surface area (Å²) in [5.41, 5.74) is -1.04. The van der Waals surface area contributed by atoms with E-state index in [2.05, 4.69) is 0 Å². The maximum absolute atomic E-state index is 11.7. The molecule has 1 aromatic heterocycles. The summed E-state index contributed by atoms with van der Waals surface area (Å²) in [5.74, 6) is -1.07. The zero-order chi connectivity index (χ0) is 12.3. The van der Waals surface area contributed by atoms with Gasteiger partial charge in [0.15, 0.2) is 11.5 Å². The van der Waals surface area contributed by atoms with Gasteiger partial charge in [-0.2, -0.15) is 0 Å². The molecule has 0 unspecified atom stereocenters. The van der Waals surface area contributed by atoms with E-state index in [-0.39, 0.29) is 23.7 Å². The zero-order valence-corrected chi connectivity index (χ0v) is 9.19. The molecule has 5 nitrogen and oxygen atoms in total. The van der Waals surface area contributed by atoms with Gasteiger partial charge in [0.2, 0.25) is 5.43 Å². The quantitative estimate of drug-likeness (QED) is 0.749. The van der Waals surface area contributed by atoms with E-state index in [0.717, 1.165) is 6.26 Å². The van der Waals surface area contributed by atoms with Crippen LogP contribution < -0.4 is 5.43 Å². The van der Waals surface area contributed by atoms with Crippen molar-refractivity contribution in [2.24, 2.45) is 5.92 Å². The minimum atomic E-state index is -0.791. The van der Waals surface area contributed by atoms with Crippen LogP contribution >= 0.6 is 0 Å². The first kappa shape index (κ1) is 12.4. The third-order valence-electron chi connectivity index (χ3n) is 2.07. The Kier molecular flexibility index (Phi) is 3.84. The van der Waals surface area contributed by atoms with Gasteiger partial charge in [0, 0.05) is 6.42 Å². The number of ketones is 1. The zero-order valence-electron chi connectivity index (χ0n) is 9.19. The van der Waals surface area contributed by atoms with Crippen LogP contribution in [0.25, 0.3) is 0 Å². The van der Waals surface area contributed by atoms with Crippen LogP contribution in [0.15, 0.2) is 15.5 Å². The van der Waals surface area contributed by atoms with Crippen molar-refractivity contribution in [1.29, 1.82) is 0 Å². The van der Waals surface area contributed by atoms with Gasteiger partial charge in [-0.1, -0.05) is 13.8 Å². The van der Waals surface area contributed by atoms with Crippen molar-refractivity contribution in [2.75, 3.05) is 0 Å². The number of carbonyl (C=O) groups excluding carboxylic acids is 1. The number of Topliss-reactive ketones (excluding diaryl/α,β-unsaturated/α-hetero) is 1. The van der Waals surface area contributed by atoms with Gasteiger partial charge in [0.25, 0.3) is 0 Å². The van der Waals surface area contributed by atoms with Crippen molar-refractivity contribution in [1.82, 2.24) is 0 Å². The minimum absolute atomic E-state index is 0.0841. The van der Waals surface area contributed by atoms with Gasteiger partial charge in [-0.25, -0.2) is 0 Å². The molecule has 1 heterocycles. The molecule has 1 aromatic rings. The molecule has 0 amide bonds. The second-order valence-corrected chi connectivity index (χ2v) is 3.93. The molecule has 0 atom stereocenters. The first-order chi connectivity index (χ1) is 7.47. The minimum Gasteiger partial charge on any atom is -0.502 e. The lowest BCUT2D eigenvalue weighted by Crippen LogP contribution is -2.19. The molecule has 1 rings (SSSR count). The third kappa shape index (κ3) is 2.49. The highest BCUT2D eigenvalue weighted by Gasteiger charge is 2.20. The SMILES string of the molecule is CC(C)CC(=O)c1c(CO)occ(O)c1=O. The average Bonchev–Trinajstić information content (AvgIpc) is 2.20. The second kappa shape index (κ2) is 4.94. The molecule has 0 aliphatic heterocycles. The number of hydrogen-bond donors (Lipinski definition) is 2. The lowest BCUT2D eigenvalue weighted by molar-refractivity contribution is 0.0957. The molecule has 0 saturated carbocycles. The van der Waals surface area contributed by atoms with Crippen molar-refractivity contribution in [3.05, 3.63) is 27.8 Å². The van der Waals surface area contributed by atoms with Gasteiger partial charge in [-0.3, -0.25) is 9.59 Å². The highest BCUT2D eigenvalue weighted by molar-refractivity contribution is 5.97. The molecule has 2 N–H and O–H groups in total. The van der Waals surface area contributed by atoms with E-state index < -0.39 is 23.6 Å². The molecule has 16 heavy (non-hydrogen) atoms. The maximum atomic E-state index is 11.7. The van der Waals surface area contributed by atoms with E-state index in [1.807, 2.05) is 13.8 Å². The van der Waals surface area contributed by atoms with E-state index in [9.17, 15) is 9.59 Å². The number of carbonyl (C=O) groups is 1. The fourth-order valence-electron chi connectivity index (χ4n) is 1.37. The Hall–Kier alpha value is -1.62. The lowest BCUT2D eigenvalue weighted by atomic mass is 10.0. The first-order valence-corrected chi connectivity index (χ1v) is 4.95. The van der Waals surface area contributed by atoms with Crippen LogP contribution in [0.4, 0.5) is 0 Å². The fraction of sp³-hybridized carbons (Fsp3) is 0.455. The molecule has 0 radical (unpaired) electrons. The molecule has 0 aliphatic carbocycles. The fourth-order valence-corrected chi connectivity index (χ4v) is 1.37. The Balaban J connectivity index is 3.25. The number of aliphatic hydroxyl groups excluding tert-OH is 1. The molecule has 5 heteroatoms. The van der Waals surface area contributed by atoms with Crippen LogP contribution in [0.1, 0.15) is 36.4 Å². The molecular weight excluding hydrogens is 212 g/mol. The monoisotopic (exact) mass is 226 g/mol. The summed E-state index contributed by atoms with van der Waals surface area (Å²) < 4.78 is 4.80. The lowest BCUT2D eigenvalue weighted by Gasteiger charge is -2.06. The van der Waals surface area contributed by atoms with Gasteiger partial charge >= 0.3 is 0 Å². The smallest absolute Gasteiger partial charge is 0.237 e. The highest BCUT2D eigenvalue weighted by atomic mass is 16.4. The van der Waals surface area contributed by atoms with Crippen LogP contribution in [0, 0.1) is 5.92 Å². The van der Waals surface area contributed by atoms with Gasteiger partial charge in [-0.05, 0) is 5.92 Å². The van der Waals surface area contributed by atoms with Crippen LogP contribution in [0.3, 0.4) is 0 Å². The number of aliphatic hydroxyl groups is 1. The topological polar surface area (TPSA) is 87.7 Å². The standard InChI is InChI=1S/C11H14O5/c1-6(2)3-7(13)10-9(4-12)16-5-8(14)11(10)15/h5-6,12,14H,3-4H2,1-2H3. The van der Waals surface area contributed by atoms with E-state index in [1.165, 1.54) is 0 Å². The van der Waals surface area contributed by atoms with Crippen molar-refractivity contribution in [3.8, 4) is 5.75 Å². The average molecular weight is 226 g/mol. The van der Waals surface area contributed by atoms with Gasteiger partial charge in [-0.15, -0.1) is 0 Å². The van der Waals surface area contributed by atoms with Crippen molar-refractivity contribution >= 4 is 5.78 Å². The van der Waals surface area contributed by atoms with E-state index in [0.29, 0.717) is 0 Å². The maximum Gasteiger partial charge on any atom is 0.237 e. The molecule has 0 spiro atoms. The molecular formula is C11H14O5. The molecule has 0 bridgehead atoms. The summed E-state index contributed by atoms with van der Waals surface area (Å²) in [6, 6.07) is 0. The van der Waals surface area contributed by atoms with E-state index in [1.54, 1.807) is 0 Å². The molecule has 0 fully saturated rings. The summed E-state index contributed by atoms with van der Waals surface area (Å²) in [6.07, 6.45) is 0.987. The van der Waals surface area contributed by atoms with Crippen molar-refractivity contribution in [2.45, 2.75) is 26.9 Å². The number of hydrogen-bond acceptors (Lipinski definition) is 5. The molecule has 88 valence electrons. The van der Waals surface area contributed by atoms with Gasteiger partial charge in [0.05, 0.1) is 0 Å². The summed E-state index contributed by atoms with van der Waals surface area (Å²) in [7, 11) is 0. The van der Waals surface area contributed by atoms with Gasteiger partial charge < -0.3 is 14.6 Å². The summed E-state index contributed by atoms with van der Waals surface area (Å²) in [4.78, 5) is 23.3. The largest absolute Gasteiger partial charge is 0.502 e. The molecule has 0 aliphatic rings. The number of rotatable bonds is 4. The Morgan fingerprint density at radius 1 is 1.50 bits per heavy atom. The Morgan fingerprint density at radius 3 is 2.62 bits per heavy atom.